The number of hydrogen-bond acceptors (Lipinski definition) is 11. The van der Waals surface area contributed by atoms with Crippen LogP contribution in [0.25, 0.3) is 0 Å². The van der Waals surface area contributed by atoms with E-state index < -0.39 is 47.7 Å². The molecule has 11 heteroatoms. The maximum absolute atomic E-state index is 12.7. The highest BCUT2D eigenvalue weighted by Crippen LogP contribution is 2.31. The zero-order valence-corrected chi connectivity index (χ0v) is 27.0. The number of carbonyl (C=O) groups is 4. The zero-order valence-electron chi connectivity index (χ0n) is 27.0. The van der Waals surface area contributed by atoms with Crippen molar-refractivity contribution < 1.29 is 47.6 Å². The van der Waals surface area contributed by atoms with Crippen molar-refractivity contribution in [3.63, 3.8) is 0 Å². The molecule has 0 fully saturated rings. The fourth-order valence-corrected chi connectivity index (χ4v) is 3.14. The lowest BCUT2D eigenvalue weighted by molar-refractivity contribution is -0.167. The summed E-state index contributed by atoms with van der Waals surface area (Å²) in [6.45, 7) is 19.6. The second-order valence-corrected chi connectivity index (χ2v) is 12.8. The first-order valence-corrected chi connectivity index (χ1v) is 14.3. The summed E-state index contributed by atoms with van der Waals surface area (Å²) in [7, 11) is 0. The lowest BCUT2D eigenvalue weighted by Gasteiger charge is -2.24. The molecule has 0 saturated heterocycles. The van der Waals surface area contributed by atoms with Gasteiger partial charge in [0.05, 0.1) is 6.42 Å². The van der Waals surface area contributed by atoms with Crippen LogP contribution in [0.3, 0.4) is 0 Å². The van der Waals surface area contributed by atoms with Crippen LogP contribution in [0.5, 0.6) is 11.5 Å². The summed E-state index contributed by atoms with van der Waals surface area (Å²) in [4.78, 5) is 49.8. The summed E-state index contributed by atoms with van der Waals surface area (Å²) in [5.74, 6) is -1.31. The van der Waals surface area contributed by atoms with Crippen molar-refractivity contribution in [1.82, 2.24) is 0 Å². The molecular formula is C31H49NO10. The highest BCUT2D eigenvalue weighted by Gasteiger charge is 2.28. The normalized spacial score (nSPS) is 14.2. The highest BCUT2D eigenvalue weighted by molar-refractivity contribution is 5.76. The molecule has 0 unspecified atom stereocenters. The van der Waals surface area contributed by atoms with Crippen molar-refractivity contribution in [2.45, 2.75) is 131 Å². The van der Waals surface area contributed by atoms with E-state index >= 15 is 0 Å². The molecule has 1 aromatic rings. The van der Waals surface area contributed by atoms with Gasteiger partial charge in [-0.1, -0.05) is 40.7 Å². The van der Waals surface area contributed by atoms with Crippen molar-refractivity contribution in [1.29, 1.82) is 0 Å². The summed E-state index contributed by atoms with van der Waals surface area (Å²) in [5, 5.41) is 0. The van der Waals surface area contributed by atoms with E-state index in [-0.39, 0.29) is 35.7 Å². The molecule has 0 aliphatic rings. The second-order valence-electron chi connectivity index (χ2n) is 12.8. The summed E-state index contributed by atoms with van der Waals surface area (Å²) >= 11 is 0. The van der Waals surface area contributed by atoms with Crippen LogP contribution in [-0.4, -0.2) is 53.7 Å². The molecule has 0 aliphatic heterocycles. The SMILES string of the molecule is CCC(C)(C)OC(=O)Oc1ccc(C[C@H](N)C(=O)O[C@@H](C)[C@H](C)OC(=O)CC(C)(C)C)cc1OC(=O)OC(C)(C)CC. The van der Waals surface area contributed by atoms with E-state index in [9.17, 15) is 19.2 Å². The zero-order chi connectivity index (χ0) is 32.5. The van der Waals surface area contributed by atoms with Crippen LogP contribution in [0.4, 0.5) is 9.59 Å². The Labute approximate surface area is 249 Å². The number of hydrogen-bond donors (Lipinski definition) is 1. The van der Waals surface area contributed by atoms with Gasteiger partial charge in [-0.3, -0.25) is 9.59 Å². The van der Waals surface area contributed by atoms with Crippen LogP contribution in [0.1, 0.15) is 101 Å². The lowest BCUT2D eigenvalue weighted by Crippen LogP contribution is -2.39. The number of carbonyl (C=O) groups excluding carboxylic acids is 4. The third-order valence-electron chi connectivity index (χ3n) is 6.53. The van der Waals surface area contributed by atoms with Crippen LogP contribution >= 0.6 is 0 Å². The molecular weight excluding hydrogens is 546 g/mol. The van der Waals surface area contributed by atoms with Crippen LogP contribution in [0.15, 0.2) is 18.2 Å². The molecule has 0 amide bonds. The average molecular weight is 596 g/mol. The molecule has 0 bridgehead atoms. The van der Waals surface area contributed by atoms with E-state index in [0.29, 0.717) is 18.4 Å². The molecule has 11 nitrogen and oxygen atoms in total. The molecule has 0 aromatic heterocycles. The minimum atomic E-state index is -1.09. The third kappa shape index (κ3) is 13.5. The van der Waals surface area contributed by atoms with Gasteiger partial charge in [-0.25, -0.2) is 9.59 Å². The molecule has 2 N–H and O–H groups in total. The standard InChI is InChI=1S/C31H49NO10/c1-12-30(8,9)41-27(35)39-23-15-14-21(17-24(23)40-28(36)42-31(10,11)13-2)16-22(32)26(34)38-20(4)19(3)37-25(33)18-29(5,6)7/h14-15,17,19-20,22H,12-13,16,18,32H2,1-11H3/t19-,20-,22-/m0/s1. The summed E-state index contributed by atoms with van der Waals surface area (Å²) < 4.78 is 32.3. The van der Waals surface area contributed by atoms with Crippen LogP contribution in [0, 0.1) is 5.41 Å². The maximum atomic E-state index is 12.7. The first-order valence-electron chi connectivity index (χ1n) is 14.3. The Kier molecular flexibility index (Phi) is 13.3. The smallest absolute Gasteiger partial charge is 0.459 e. The monoisotopic (exact) mass is 595 g/mol. The largest absolute Gasteiger partial charge is 0.514 e. The average Bonchev–Trinajstić information content (AvgIpc) is 2.83. The first kappa shape index (κ1) is 36.7. The molecule has 42 heavy (non-hydrogen) atoms. The molecule has 0 saturated carbocycles. The molecule has 0 aliphatic carbocycles. The summed E-state index contributed by atoms with van der Waals surface area (Å²) in [6.07, 6.45) is -2.09. The lowest BCUT2D eigenvalue weighted by atomic mass is 9.92. The maximum Gasteiger partial charge on any atom is 0.514 e. The van der Waals surface area contributed by atoms with Gasteiger partial charge in [0.25, 0.3) is 0 Å². The second kappa shape index (κ2) is 15.2. The number of esters is 2. The molecule has 0 radical (unpaired) electrons. The van der Waals surface area contributed by atoms with Crippen molar-refractivity contribution in [3.05, 3.63) is 23.8 Å². The van der Waals surface area contributed by atoms with Crippen LogP contribution in [0.2, 0.25) is 0 Å². The fourth-order valence-electron chi connectivity index (χ4n) is 3.14. The Morgan fingerprint density at radius 1 is 0.762 bits per heavy atom. The number of benzene rings is 1. The van der Waals surface area contributed by atoms with Crippen molar-refractivity contribution in [2.24, 2.45) is 11.1 Å². The molecule has 0 heterocycles. The molecule has 1 aromatic carbocycles. The molecule has 1 rings (SSSR count). The number of nitrogens with two attached hydrogens (primary N) is 1. The van der Waals surface area contributed by atoms with Crippen molar-refractivity contribution in [3.8, 4) is 11.5 Å². The van der Waals surface area contributed by atoms with Crippen molar-refractivity contribution in [2.75, 3.05) is 0 Å². The predicted molar refractivity (Wildman–Crippen MR) is 156 cm³/mol. The Morgan fingerprint density at radius 2 is 1.24 bits per heavy atom. The Bertz CT molecular complexity index is 1090. The van der Waals surface area contributed by atoms with Gasteiger partial charge in [-0.05, 0) is 83.9 Å². The van der Waals surface area contributed by atoms with Crippen molar-refractivity contribution >= 4 is 24.2 Å². The molecule has 238 valence electrons. The van der Waals surface area contributed by atoms with E-state index in [0.717, 1.165) is 0 Å². The van der Waals surface area contributed by atoms with Gasteiger partial charge >= 0.3 is 24.2 Å². The molecule has 3 atom stereocenters. The van der Waals surface area contributed by atoms with E-state index in [1.165, 1.54) is 12.1 Å². The minimum absolute atomic E-state index is 0.00317. The van der Waals surface area contributed by atoms with Crippen LogP contribution < -0.4 is 15.2 Å². The predicted octanol–water partition coefficient (Wildman–Crippen LogP) is 6.26. The Hall–Kier alpha value is -3.34. The summed E-state index contributed by atoms with van der Waals surface area (Å²) in [6, 6.07) is 3.29. The fraction of sp³-hybridized carbons (Fsp3) is 0.677. The van der Waals surface area contributed by atoms with Gasteiger partial charge in [-0.2, -0.15) is 0 Å². The van der Waals surface area contributed by atoms with Gasteiger partial charge in [0.1, 0.15) is 29.5 Å². The number of rotatable bonds is 13. The quantitative estimate of drug-likeness (QED) is 0.156. The van der Waals surface area contributed by atoms with Gasteiger partial charge in [0, 0.05) is 0 Å². The minimum Gasteiger partial charge on any atom is -0.459 e. The highest BCUT2D eigenvalue weighted by atomic mass is 16.8. The van der Waals surface area contributed by atoms with E-state index in [4.69, 9.17) is 34.2 Å². The van der Waals surface area contributed by atoms with E-state index in [2.05, 4.69) is 0 Å². The topological polar surface area (TPSA) is 150 Å². The van der Waals surface area contributed by atoms with Gasteiger partial charge < -0.3 is 34.2 Å². The summed E-state index contributed by atoms with van der Waals surface area (Å²) in [5.41, 5.74) is 4.81. The van der Waals surface area contributed by atoms with Gasteiger partial charge in [0.2, 0.25) is 0 Å². The number of ether oxygens (including phenoxy) is 6. The van der Waals surface area contributed by atoms with Crippen LogP contribution in [-0.2, 0) is 35.0 Å². The molecule has 0 spiro atoms. The van der Waals surface area contributed by atoms with E-state index in [1.54, 1.807) is 47.6 Å². The van der Waals surface area contributed by atoms with Gasteiger partial charge in [-0.15, -0.1) is 0 Å². The third-order valence-corrected chi connectivity index (χ3v) is 6.53. The van der Waals surface area contributed by atoms with E-state index in [1.807, 2.05) is 34.6 Å². The first-order chi connectivity index (χ1) is 19.2. The van der Waals surface area contributed by atoms with Gasteiger partial charge in [0.15, 0.2) is 11.5 Å². The Morgan fingerprint density at radius 3 is 1.71 bits per heavy atom. The Balaban J connectivity index is 3.03.